The van der Waals surface area contributed by atoms with Crippen LogP contribution in [-0.2, 0) is 4.79 Å². The Labute approximate surface area is 120 Å². The molecule has 0 bridgehead atoms. The minimum Gasteiger partial charge on any atom is -0.479 e. The van der Waals surface area contributed by atoms with E-state index in [2.05, 4.69) is 21.2 Å². The molecule has 2 N–H and O–H groups in total. The summed E-state index contributed by atoms with van der Waals surface area (Å²) in [6.45, 7) is 1.94. The van der Waals surface area contributed by atoms with E-state index in [0.29, 0.717) is 0 Å². The lowest BCUT2D eigenvalue weighted by molar-refractivity contribution is -0.138. The normalized spacial score (nSPS) is 11.9. The molecule has 0 heterocycles. The number of aliphatic carboxylic acids is 1. The zero-order valence-corrected chi connectivity index (χ0v) is 12.0. The topological polar surface area (TPSA) is 49.3 Å². The molecule has 1 atom stereocenters. The molecule has 0 amide bonds. The molecule has 0 saturated heterocycles. The minimum absolute atomic E-state index is 0.731. The van der Waals surface area contributed by atoms with E-state index in [4.69, 9.17) is 0 Å². The van der Waals surface area contributed by atoms with Gasteiger partial charge in [0.2, 0.25) is 0 Å². The van der Waals surface area contributed by atoms with E-state index in [1.54, 1.807) is 12.1 Å². The van der Waals surface area contributed by atoms with Crippen molar-refractivity contribution in [3.8, 4) is 0 Å². The smallest absolute Gasteiger partial charge is 0.330 e. The summed E-state index contributed by atoms with van der Waals surface area (Å²) < 4.78 is 0.953. The Morgan fingerprint density at radius 1 is 1.16 bits per heavy atom. The van der Waals surface area contributed by atoms with E-state index in [9.17, 15) is 9.90 Å². The van der Waals surface area contributed by atoms with E-state index in [0.717, 1.165) is 21.3 Å². The molecule has 0 aliphatic rings. The number of rotatable bonds is 4. The first-order chi connectivity index (χ1) is 9.09. The van der Waals surface area contributed by atoms with Crippen LogP contribution in [0.3, 0.4) is 0 Å². The van der Waals surface area contributed by atoms with Gasteiger partial charge in [-0.1, -0.05) is 52.3 Å². The number of halogens is 1. The average molecular weight is 320 g/mol. The number of carboxylic acid groups (broad SMARTS) is 1. The summed E-state index contributed by atoms with van der Waals surface area (Å²) in [5.74, 6) is -0.898. The van der Waals surface area contributed by atoms with Gasteiger partial charge in [-0.2, -0.15) is 0 Å². The van der Waals surface area contributed by atoms with Gasteiger partial charge in [-0.05, 0) is 30.2 Å². The van der Waals surface area contributed by atoms with Crippen LogP contribution in [0, 0.1) is 6.92 Å². The van der Waals surface area contributed by atoms with Gasteiger partial charge in [0.15, 0.2) is 6.04 Å². The molecule has 2 aromatic carbocycles. The van der Waals surface area contributed by atoms with Crippen LogP contribution < -0.4 is 5.32 Å². The van der Waals surface area contributed by atoms with E-state index >= 15 is 0 Å². The molecule has 0 aliphatic heterocycles. The zero-order valence-electron chi connectivity index (χ0n) is 10.4. The van der Waals surface area contributed by atoms with Crippen molar-refractivity contribution < 1.29 is 9.90 Å². The summed E-state index contributed by atoms with van der Waals surface area (Å²) in [7, 11) is 0. The quantitative estimate of drug-likeness (QED) is 0.895. The second-order valence-corrected chi connectivity index (χ2v) is 5.09. The molecule has 0 fully saturated rings. The summed E-state index contributed by atoms with van der Waals surface area (Å²) in [6, 6.07) is 14.1. The number of hydrogen-bond acceptors (Lipinski definition) is 2. The second-order valence-electron chi connectivity index (χ2n) is 4.24. The van der Waals surface area contributed by atoms with Gasteiger partial charge < -0.3 is 10.4 Å². The molecular formula is C15H14BrNO2. The van der Waals surface area contributed by atoms with Crippen LogP contribution in [0.4, 0.5) is 5.69 Å². The Morgan fingerprint density at radius 3 is 2.47 bits per heavy atom. The Kier molecular flexibility index (Phi) is 4.22. The molecule has 0 aliphatic carbocycles. The van der Waals surface area contributed by atoms with Gasteiger partial charge in [-0.3, -0.25) is 0 Å². The highest BCUT2D eigenvalue weighted by Gasteiger charge is 2.20. The van der Waals surface area contributed by atoms with Gasteiger partial charge in [0.05, 0.1) is 0 Å². The van der Waals surface area contributed by atoms with Gasteiger partial charge in [0.25, 0.3) is 0 Å². The fourth-order valence-corrected chi connectivity index (χ4v) is 2.22. The highest BCUT2D eigenvalue weighted by atomic mass is 79.9. The first-order valence-corrected chi connectivity index (χ1v) is 6.68. The molecule has 98 valence electrons. The van der Waals surface area contributed by atoms with Crippen LogP contribution >= 0.6 is 15.9 Å². The van der Waals surface area contributed by atoms with Crippen molar-refractivity contribution in [1.29, 1.82) is 0 Å². The lowest BCUT2D eigenvalue weighted by Crippen LogP contribution is -2.20. The summed E-state index contributed by atoms with van der Waals surface area (Å²) >= 11 is 3.44. The lowest BCUT2D eigenvalue weighted by atomic mass is 10.1. The van der Waals surface area contributed by atoms with Crippen molar-refractivity contribution in [1.82, 2.24) is 0 Å². The molecule has 0 radical (unpaired) electrons. The minimum atomic E-state index is -0.898. The Balaban J connectivity index is 2.32. The molecule has 19 heavy (non-hydrogen) atoms. The van der Waals surface area contributed by atoms with Crippen molar-refractivity contribution in [2.24, 2.45) is 0 Å². The van der Waals surface area contributed by atoms with E-state index < -0.39 is 12.0 Å². The summed E-state index contributed by atoms with van der Waals surface area (Å²) in [5, 5.41) is 12.4. The Morgan fingerprint density at radius 2 is 1.84 bits per heavy atom. The van der Waals surface area contributed by atoms with E-state index in [1.165, 1.54) is 0 Å². The van der Waals surface area contributed by atoms with Gasteiger partial charge in [0.1, 0.15) is 0 Å². The van der Waals surface area contributed by atoms with Crippen LogP contribution in [0.25, 0.3) is 0 Å². The molecule has 1 unspecified atom stereocenters. The third kappa shape index (κ3) is 3.15. The molecule has 2 aromatic rings. The maximum Gasteiger partial charge on any atom is 0.330 e. The van der Waals surface area contributed by atoms with Crippen molar-refractivity contribution in [3.05, 3.63) is 64.1 Å². The second kappa shape index (κ2) is 5.89. The standard InChI is InChI=1S/C15H14BrNO2/c1-10-12(16)8-5-9-13(10)17-14(15(18)19)11-6-3-2-4-7-11/h2-9,14,17H,1H3,(H,18,19). The fourth-order valence-electron chi connectivity index (χ4n) is 1.85. The molecule has 0 saturated carbocycles. The molecule has 4 heteroatoms. The fraction of sp³-hybridized carbons (Fsp3) is 0.133. The van der Waals surface area contributed by atoms with E-state index in [-0.39, 0.29) is 0 Å². The third-order valence-electron chi connectivity index (χ3n) is 2.95. The molecule has 3 nitrogen and oxygen atoms in total. The predicted octanol–water partition coefficient (Wildman–Crippen LogP) is 4.00. The van der Waals surface area contributed by atoms with Crippen molar-refractivity contribution in [3.63, 3.8) is 0 Å². The number of benzene rings is 2. The van der Waals surface area contributed by atoms with Gasteiger partial charge in [-0.15, -0.1) is 0 Å². The monoisotopic (exact) mass is 319 g/mol. The van der Waals surface area contributed by atoms with Crippen LogP contribution in [0.15, 0.2) is 53.0 Å². The molecule has 0 aromatic heterocycles. The third-order valence-corrected chi connectivity index (χ3v) is 3.81. The van der Waals surface area contributed by atoms with Crippen molar-refractivity contribution in [2.75, 3.05) is 5.32 Å². The maximum absolute atomic E-state index is 11.4. The predicted molar refractivity (Wildman–Crippen MR) is 79.3 cm³/mol. The van der Waals surface area contributed by atoms with Crippen molar-refractivity contribution >= 4 is 27.6 Å². The highest BCUT2D eigenvalue weighted by molar-refractivity contribution is 9.10. The summed E-state index contributed by atoms with van der Waals surface area (Å²) in [5.41, 5.74) is 2.53. The summed E-state index contributed by atoms with van der Waals surface area (Å²) in [6.07, 6.45) is 0. The lowest BCUT2D eigenvalue weighted by Gasteiger charge is -2.18. The SMILES string of the molecule is Cc1c(Br)cccc1NC(C(=O)O)c1ccccc1. The van der Waals surface area contributed by atoms with Gasteiger partial charge in [-0.25, -0.2) is 4.79 Å². The largest absolute Gasteiger partial charge is 0.479 e. The molecule has 2 rings (SSSR count). The number of anilines is 1. The first kappa shape index (κ1) is 13.6. The average Bonchev–Trinajstić information content (AvgIpc) is 2.41. The maximum atomic E-state index is 11.4. The van der Waals surface area contributed by atoms with Crippen LogP contribution in [0.2, 0.25) is 0 Å². The highest BCUT2D eigenvalue weighted by Crippen LogP contribution is 2.27. The number of carbonyl (C=O) groups is 1. The first-order valence-electron chi connectivity index (χ1n) is 5.89. The van der Waals surface area contributed by atoms with Gasteiger partial charge >= 0.3 is 5.97 Å². The Bertz CT molecular complexity index is 584. The molecule has 0 spiro atoms. The summed E-state index contributed by atoms with van der Waals surface area (Å²) in [4.78, 5) is 11.4. The number of nitrogens with one attached hydrogen (secondary N) is 1. The van der Waals surface area contributed by atoms with E-state index in [1.807, 2.05) is 43.3 Å². The Hall–Kier alpha value is -1.81. The zero-order chi connectivity index (χ0) is 13.8. The van der Waals surface area contributed by atoms with Crippen LogP contribution in [-0.4, -0.2) is 11.1 Å². The number of hydrogen-bond donors (Lipinski definition) is 2. The van der Waals surface area contributed by atoms with Crippen LogP contribution in [0.1, 0.15) is 17.2 Å². The molecular weight excluding hydrogens is 306 g/mol. The van der Waals surface area contributed by atoms with Crippen LogP contribution in [0.5, 0.6) is 0 Å². The van der Waals surface area contributed by atoms with Gasteiger partial charge in [0, 0.05) is 10.2 Å². The number of carboxylic acids is 1. The van der Waals surface area contributed by atoms with Crippen molar-refractivity contribution in [2.45, 2.75) is 13.0 Å².